The van der Waals surface area contributed by atoms with E-state index < -0.39 is 5.97 Å². The number of methoxy groups -OCH3 is 1. The average molecular weight is 419 g/mol. The Labute approximate surface area is 174 Å². The smallest absolute Gasteiger partial charge is 0.341 e. The minimum atomic E-state index is -0.449. The summed E-state index contributed by atoms with van der Waals surface area (Å²) < 4.78 is 9.71. The summed E-state index contributed by atoms with van der Waals surface area (Å²) in [6, 6.07) is 3.73. The molecule has 0 aliphatic rings. The van der Waals surface area contributed by atoms with Crippen LogP contribution in [-0.4, -0.2) is 69.1 Å². The fraction of sp³-hybridized carbons (Fsp3) is 0.211. The van der Waals surface area contributed by atoms with Crippen molar-refractivity contribution in [2.24, 2.45) is 0 Å². The highest BCUT2D eigenvalue weighted by atomic mass is 16.5. The van der Waals surface area contributed by atoms with Crippen molar-refractivity contribution in [2.75, 3.05) is 13.7 Å². The Kier molecular flexibility index (Phi) is 4.59. The molecule has 156 valence electrons. The summed E-state index contributed by atoms with van der Waals surface area (Å²) in [7, 11) is 1.33. The average Bonchev–Trinajstić information content (AvgIpc) is 3.52. The van der Waals surface area contributed by atoms with E-state index in [4.69, 9.17) is 9.84 Å². The molecule has 0 aliphatic carbocycles. The minimum Gasteiger partial charge on any atom is -0.465 e. The number of aliphatic hydroxyl groups excluding tert-OH is 1. The third-order valence-electron chi connectivity index (χ3n) is 4.81. The molecule has 0 amide bonds. The Bertz CT molecular complexity index is 1400. The van der Waals surface area contributed by atoms with Crippen LogP contribution in [0.4, 0.5) is 0 Å². The molecular formula is C19H17N9O3. The predicted octanol–water partition coefficient (Wildman–Crippen LogP) is 0.560. The van der Waals surface area contributed by atoms with E-state index in [9.17, 15) is 4.79 Å². The lowest BCUT2D eigenvalue weighted by Crippen LogP contribution is -2.05. The van der Waals surface area contributed by atoms with Crippen LogP contribution in [0.5, 0.6) is 0 Å². The monoisotopic (exact) mass is 419 g/mol. The molecular weight excluding hydrogens is 402 g/mol. The first-order valence-electron chi connectivity index (χ1n) is 9.41. The number of aromatic nitrogens is 9. The lowest BCUT2D eigenvalue weighted by atomic mass is 10.2. The number of hydrogen-bond acceptors (Lipinski definition) is 9. The summed E-state index contributed by atoms with van der Waals surface area (Å²) in [5.74, 6) is -0.449. The number of esters is 1. The maximum absolute atomic E-state index is 12.0. The molecule has 0 aliphatic heterocycles. The van der Waals surface area contributed by atoms with Crippen LogP contribution in [-0.2, 0) is 17.8 Å². The van der Waals surface area contributed by atoms with Crippen LogP contribution in [0.1, 0.15) is 15.9 Å². The Morgan fingerprint density at radius 2 is 2.13 bits per heavy atom. The lowest BCUT2D eigenvalue weighted by molar-refractivity contribution is 0.0603. The molecule has 0 unspecified atom stereocenters. The molecule has 0 saturated carbocycles. The molecule has 0 radical (unpaired) electrons. The third kappa shape index (κ3) is 3.38. The first kappa shape index (κ1) is 18.8. The molecule has 0 saturated heterocycles. The van der Waals surface area contributed by atoms with Crippen molar-refractivity contribution in [3.05, 3.63) is 54.2 Å². The van der Waals surface area contributed by atoms with Crippen molar-refractivity contribution in [2.45, 2.75) is 13.1 Å². The van der Waals surface area contributed by atoms with Gasteiger partial charge >= 0.3 is 5.97 Å². The van der Waals surface area contributed by atoms with E-state index in [1.54, 1.807) is 38.7 Å². The number of pyridine rings is 1. The van der Waals surface area contributed by atoms with Gasteiger partial charge in [0.25, 0.3) is 0 Å². The van der Waals surface area contributed by atoms with Gasteiger partial charge in [-0.2, -0.15) is 10.2 Å². The third-order valence-corrected chi connectivity index (χ3v) is 4.81. The van der Waals surface area contributed by atoms with Crippen LogP contribution in [0.25, 0.3) is 28.1 Å². The van der Waals surface area contributed by atoms with E-state index in [1.807, 2.05) is 12.1 Å². The standard InChI is InChI=1S/C19H17N9O3/c1-31-19(30)14-8-22-27-3-2-12(6-16(14)27)10-28-18-17(24-25-28)20-9-15(23-18)13-7-21-26(11-13)4-5-29/h2-3,6-9,11,29H,4-5,10H2,1H3. The maximum Gasteiger partial charge on any atom is 0.341 e. The second-order valence-corrected chi connectivity index (χ2v) is 6.78. The number of hydrogen-bond donors (Lipinski definition) is 1. The van der Waals surface area contributed by atoms with Gasteiger partial charge in [0.1, 0.15) is 5.56 Å². The normalized spacial score (nSPS) is 11.4. The molecule has 12 heteroatoms. The highest BCUT2D eigenvalue weighted by molar-refractivity contribution is 5.96. The second kappa shape index (κ2) is 7.57. The first-order valence-corrected chi connectivity index (χ1v) is 9.41. The number of carbonyl (C=O) groups is 1. The number of fused-ring (bicyclic) bond motifs is 2. The molecule has 0 bridgehead atoms. The molecule has 5 heterocycles. The van der Waals surface area contributed by atoms with Gasteiger partial charge in [-0.1, -0.05) is 5.21 Å². The van der Waals surface area contributed by atoms with Gasteiger partial charge in [-0.25, -0.2) is 24.0 Å². The van der Waals surface area contributed by atoms with E-state index in [2.05, 4.69) is 30.5 Å². The summed E-state index contributed by atoms with van der Waals surface area (Å²) in [4.78, 5) is 21.0. The zero-order valence-electron chi connectivity index (χ0n) is 16.5. The molecule has 5 rings (SSSR count). The maximum atomic E-state index is 12.0. The van der Waals surface area contributed by atoms with Crippen LogP contribution in [0.3, 0.4) is 0 Å². The fourth-order valence-electron chi connectivity index (χ4n) is 3.28. The van der Waals surface area contributed by atoms with E-state index in [-0.39, 0.29) is 6.61 Å². The largest absolute Gasteiger partial charge is 0.465 e. The zero-order valence-corrected chi connectivity index (χ0v) is 16.5. The molecule has 31 heavy (non-hydrogen) atoms. The topological polar surface area (TPSA) is 138 Å². The summed E-state index contributed by atoms with van der Waals surface area (Å²) in [5.41, 5.74) is 4.25. The zero-order chi connectivity index (χ0) is 21.4. The fourth-order valence-corrected chi connectivity index (χ4v) is 3.28. The van der Waals surface area contributed by atoms with Gasteiger partial charge in [0.05, 0.1) is 56.6 Å². The van der Waals surface area contributed by atoms with E-state index in [1.165, 1.54) is 13.3 Å². The van der Waals surface area contributed by atoms with Crippen LogP contribution in [0.15, 0.2) is 43.1 Å². The highest BCUT2D eigenvalue weighted by Gasteiger charge is 2.15. The van der Waals surface area contributed by atoms with Gasteiger partial charge < -0.3 is 9.84 Å². The van der Waals surface area contributed by atoms with Crippen LogP contribution in [0, 0.1) is 0 Å². The van der Waals surface area contributed by atoms with Crippen molar-refractivity contribution in [3.63, 3.8) is 0 Å². The molecule has 12 nitrogen and oxygen atoms in total. The molecule has 0 fully saturated rings. The predicted molar refractivity (Wildman–Crippen MR) is 107 cm³/mol. The lowest BCUT2D eigenvalue weighted by Gasteiger charge is -2.04. The van der Waals surface area contributed by atoms with Crippen molar-refractivity contribution < 1.29 is 14.6 Å². The molecule has 1 N–H and O–H groups in total. The quantitative estimate of drug-likeness (QED) is 0.391. The minimum absolute atomic E-state index is 0.00174. The van der Waals surface area contributed by atoms with E-state index in [0.29, 0.717) is 41.2 Å². The van der Waals surface area contributed by atoms with Crippen molar-refractivity contribution in [3.8, 4) is 11.3 Å². The van der Waals surface area contributed by atoms with Gasteiger partial charge in [-0.3, -0.25) is 4.68 Å². The van der Waals surface area contributed by atoms with Gasteiger partial charge in [-0.05, 0) is 17.7 Å². The second-order valence-electron chi connectivity index (χ2n) is 6.78. The number of aliphatic hydroxyl groups is 1. The highest BCUT2D eigenvalue weighted by Crippen LogP contribution is 2.19. The summed E-state index contributed by atoms with van der Waals surface area (Å²) in [5, 5.41) is 25.7. The number of rotatable bonds is 6. The van der Waals surface area contributed by atoms with Gasteiger partial charge in [0, 0.05) is 18.0 Å². The Balaban J connectivity index is 1.49. The summed E-state index contributed by atoms with van der Waals surface area (Å²) in [6.45, 7) is 0.780. The molecule has 5 aromatic rings. The van der Waals surface area contributed by atoms with Gasteiger partial charge in [0.2, 0.25) is 5.65 Å². The SMILES string of the molecule is COC(=O)c1cnn2ccc(Cn3nnc4ncc(-c5cnn(CCO)c5)nc43)cc12. The molecule has 5 aromatic heterocycles. The Morgan fingerprint density at radius 1 is 1.23 bits per heavy atom. The molecule has 0 atom stereocenters. The Hall–Kier alpha value is -4.19. The van der Waals surface area contributed by atoms with Crippen molar-refractivity contribution in [1.82, 2.24) is 44.4 Å². The van der Waals surface area contributed by atoms with Crippen LogP contribution < -0.4 is 0 Å². The van der Waals surface area contributed by atoms with Crippen molar-refractivity contribution in [1.29, 1.82) is 0 Å². The van der Waals surface area contributed by atoms with Gasteiger partial charge in [-0.15, -0.1) is 5.10 Å². The number of carbonyl (C=O) groups excluding carboxylic acids is 1. The number of ether oxygens (including phenoxy) is 1. The molecule has 0 spiro atoms. The van der Waals surface area contributed by atoms with Crippen LogP contribution in [0.2, 0.25) is 0 Å². The number of nitrogens with zero attached hydrogens (tertiary/aromatic N) is 9. The van der Waals surface area contributed by atoms with E-state index >= 15 is 0 Å². The van der Waals surface area contributed by atoms with Crippen molar-refractivity contribution >= 4 is 22.8 Å². The summed E-state index contributed by atoms with van der Waals surface area (Å²) in [6.07, 6.45) is 8.32. The molecule has 0 aromatic carbocycles. The van der Waals surface area contributed by atoms with Crippen LogP contribution >= 0.6 is 0 Å². The van der Waals surface area contributed by atoms with E-state index in [0.717, 1.165) is 11.1 Å². The Morgan fingerprint density at radius 3 is 2.97 bits per heavy atom. The summed E-state index contributed by atoms with van der Waals surface area (Å²) >= 11 is 0. The van der Waals surface area contributed by atoms with Gasteiger partial charge in [0.15, 0.2) is 5.65 Å². The first-order chi connectivity index (χ1) is 15.2.